The van der Waals surface area contributed by atoms with E-state index in [1.165, 1.54) is 77.0 Å². The van der Waals surface area contributed by atoms with Gasteiger partial charge in [-0.05, 0) is 12.3 Å². The average molecular weight is 269 g/mol. The van der Waals surface area contributed by atoms with Crippen molar-refractivity contribution < 1.29 is 5.11 Å². The molecule has 0 aromatic rings. The largest absolute Gasteiger partial charge is 0.237 e. The molecule has 0 N–H and O–H groups in total. The Bertz CT molecular complexity index is 156. The van der Waals surface area contributed by atoms with Crippen LogP contribution in [0.2, 0.25) is 0 Å². The number of hydrogen-bond acceptors (Lipinski definition) is 0. The molecule has 19 heavy (non-hydrogen) atoms. The second kappa shape index (κ2) is 16.0. The minimum Gasteiger partial charge on any atom is -0.237 e. The molecule has 0 aromatic heterocycles. The van der Waals surface area contributed by atoms with Gasteiger partial charge in [0.1, 0.15) is 0 Å². The zero-order valence-corrected chi connectivity index (χ0v) is 13.6. The zero-order chi connectivity index (χ0) is 14.2. The van der Waals surface area contributed by atoms with E-state index in [0.717, 1.165) is 18.8 Å². The molecule has 0 aliphatic carbocycles. The molecule has 1 atom stereocenters. The third-order valence-corrected chi connectivity index (χ3v) is 4.29. The van der Waals surface area contributed by atoms with Crippen LogP contribution in [-0.4, -0.2) is 6.61 Å². The summed E-state index contributed by atoms with van der Waals surface area (Å²) in [6.07, 6.45) is 18.8. The second-order valence-electron chi connectivity index (χ2n) is 6.25. The Hall–Kier alpha value is -0.0400. The van der Waals surface area contributed by atoms with Crippen LogP contribution in [0.3, 0.4) is 0 Å². The van der Waals surface area contributed by atoms with Gasteiger partial charge in [0.05, 0.1) is 6.61 Å². The summed E-state index contributed by atoms with van der Waals surface area (Å²) in [5, 5.41) is 10.3. The summed E-state index contributed by atoms with van der Waals surface area (Å²) >= 11 is 0. The van der Waals surface area contributed by atoms with Crippen molar-refractivity contribution >= 4 is 0 Å². The van der Waals surface area contributed by atoms with E-state index < -0.39 is 0 Å². The molecule has 0 rings (SSSR count). The maximum Gasteiger partial charge on any atom is 0.0822 e. The summed E-state index contributed by atoms with van der Waals surface area (Å²) in [7, 11) is 0. The highest BCUT2D eigenvalue weighted by Crippen LogP contribution is 2.15. The Labute approximate surface area is 122 Å². The molecule has 1 unspecified atom stereocenters. The highest BCUT2D eigenvalue weighted by Gasteiger charge is 1.98. The van der Waals surface area contributed by atoms with Crippen LogP contribution in [0.1, 0.15) is 104 Å². The Morgan fingerprint density at radius 3 is 1.37 bits per heavy atom. The predicted octanol–water partition coefficient (Wildman–Crippen LogP) is 6.53. The van der Waals surface area contributed by atoms with E-state index in [0.29, 0.717) is 0 Å². The molecule has 0 spiro atoms. The molecule has 1 radical (unpaired) electrons. The fourth-order valence-corrected chi connectivity index (χ4v) is 2.57. The predicted molar refractivity (Wildman–Crippen MR) is 85.0 cm³/mol. The lowest BCUT2D eigenvalue weighted by molar-refractivity contribution is 0.186. The van der Waals surface area contributed by atoms with Crippen LogP contribution in [0, 0.1) is 5.92 Å². The molecule has 0 bridgehead atoms. The molecular formula is C18H37O. The van der Waals surface area contributed by atoms with Crippen LogP contribution in [0.5, 0.6) is 0 Å². The first-order valence-electron chi connectivity index (χ1n) is 8.89. The first-order valence-corrected chi connectivity index (χ1v) is 8.89. The van der Waals surface area contributed by atoms with Crippen molar-refractivity contribution in [3.05, 3.63) is 0 Å². The molecule has 1 heteroatoms. The van der Waals surface area contributed by atoms with Crippen LogP contribution < -0.4 is 0 Å². The summed E-state index contributed by atoms with van der Waals surface area (Å²) in [5.74, 6) is 0.932. The van der Waals surface area contributed by atoms with Crippen LogP contribution in [0.25, 0.3) is 0 Å². The zero-order valence-electron chi connectivity index (χ0n) is 13.6. The first kappa shape index (κ1) is 19.0. The van der Waals surface area contributed by atoms with E-state index in [1.54, 1.807) is 0 Å². The van der Waals surface area contributed by atoms with E-state index in [9.17, 15) is 5.11 Å². The second-order valence-corrected chi connectivity index (χ2v) is 6.25. The van der Waals surface area contributed by atoms with Crippen molar-refractivity contribution in [2.24, 2.45) is 5.92 Å². The molecule has 0 amide bonds. The minimum atomic E-state index is 0.122. The first-order chi connectivity index (χ1) is 9.31. The van der Waals surface area contributed by atoms with Crippen LogP contribution in [0.15, 0.2) is 0 Å². The Kier molecular flexibility index (Phi) is 16.0. The van der Waals surface area contributed by atoms with Crippen LogP contribution >= 0.6 is 0 Å². The summed E-state index contributed by atoms with van der Waals surface area (Å²) in [6.45, 7) is 4.79. The molecule has 1 nitrogen and oxygen atoms in total. The van der Waals surface area contributed by atoms with E-state index in [2.05, 4.69) is 13.8 Å². The van der Waals surface area contributed by atoms with Crippen molar-refractivity contribution in [3.8, 4) is 0 Å². The molecule has 0 saturated heterocycles. The van der Waals surface area contributed by atoms with E-state index in [1.807, 2.05) is 0 Å². The summed E-state index contributed by atoms with van der Waals surface area (Å²) in [5.41, 5.74) is 0. The van der Waals surface area contributed by atoms with Gasteiger partial charge < -0.3 is 0 Å². The number of rotatable bonds is 15. The van der Waals surface area contributed by atoms with Gasteiger partial charge in [0.25, 0.3) is 0 Å². The van der Waals surface area contributed by atoms with Gasteiger partial charge in [-0.15, -0.1) is 0 Å². The SMILES string of the molecule is CCC(C)CCCCCCCCCCCCCC[O]. The standard InChI is InChI=1S/C18H37O/c1-3-18(2)16-14-12-10-8-6-4-5-7-9-11-13-15-17-19/h18H,3-17H2,1-2H3. The highest BCUT2D eigenvalue weighted by atomic mass is 16.2. The van der Waals surface area contributed by atoms with Crippen molar-refractivity contribution in [1.82, 2.24) is 0 Å². The molecule has 0 saturated carbocycles. The van der Waals surface area contributed by atoms with Crippen molar-refractivity contribution in [3.63, 3.8) is 0 Å². The van der Waals surface area contributed by atoms with Gasteiger partial charge in [-0.2, -0.15) is 0 Å². The lowest BCUT2D eigenvalue weighted by atomic mass is 9.99. The number of hydrogen-bond donors (Lipinski definition) is 0. The fourth-order valence-electron chi connectivity index (χ4n) is 2.57. The quantitative estimate of drug-likeness (QED) is 0.301. The van der Waals surface area contributed by atoms with Crippen molar-refractivity contribution in [1.29, 1.82) is 0 Å². The highest BCUT2D eigenvalue weighted by molar-refractivity contribution is 4.52. The molecule has 0 fully saturated rings. The van der Waals surface area contributed by atoms with E-state index >= 15 is 0 Å². The van der Waals surface area contributed by atoms with Gasteiger partial charge >= 0.3 is 0 Å². The Morgan fingerprint density at radius 2 is 1.00 bits per heavy atom. The molecule has 115 valence electrons. The normalized spacial score (nSPS) is 12.8. The fraction of sp³-hybridized carbons (Fsp3) is 1.00. The van der Waals surface area contributed by atoms with Crippen LogP contribution in [-0.2, 0) is 5.11 Å². The average Bonchev–Trinajstić information content (AvgIpc) is 2.43. The molecule has 0 aromatic carbocycles. The van der Waals surface area contributed by atoms with Gasteiger partial charge in [0.2, 0.25) is 0 Å². The maximum atomic E-state index is 10.3. The monoisotopic (exact) mass is 269 g/mol. The van der Waals surface area contributed by atoms with E-state index in [-0.39, 0.29) is 6.61 Å². The van der Waals surface area contributed by atoms with Gasteiger partial charge in [-0.1, -0.05) is 97.3 Å². The Balaban J connectivity index is 2.95. The molecular weight excluding hydrogens is 232 g/mol. The van der Waals surface area contributed by atoms with Gasteiger partial charge in [-0.3, -0.25) is 0 Å². The smallest absolute Gasteiger partial charge is 0.0822 e. The Morgan fingerprint density at radius 1 is 0.632 bits per heavy atom. The van der Waals surface area contributed by atoms with Crippen molar-refractivity contribution in [2.45, 2.75) is 104 Å². The van der Waals surface area contributed by atoms with Gasteiger partial charge in [-0.25, -0.2) is 5.11 Å². The summed E-state index contributed by atoms with van der Waals surface area (Å²) in [4.78, 5) is 0. The number of unbranched alkanes of at least 4 members (excludes halogenated alkanes) is 11. The van der Waals surface area contributed by atoms with Crippen LogP contribution in [0.4, 0.5) is 0 Å². The molecule has 0 aliphatic heterocycles. The maximum absolute atomic E-state index is 10.3. The van der Waals surface area contributed by atoms with Crippen molar-refractivity contribution in [2.75, 3.05) is 6.61 Å². The third-order valence-electron chi connectivity index (χ3n) is 4.29. The van der Waals surface area contributed by atoms with Gasteiger partial charge in [0, 0.05) is 0 Å². The van der Waals surface area contributed by atoms with Gasteiger partial charge in [0.15, 0.2) is 0 Å². The lowest BCUT2D eigenvalue weighted by Crippen LogP contribution is -1.91. The minimum absolute atomic E-state index is 0.122. The summed E-state index contributed by atoms with van der Waals surface area (Å²) in [6, 6.07) is 0. The molecule has 0 aliphatic rings. The summed E-state index contributed by atoms with van der Waals surface area (Å²) < 4.78 is 0. The topological polar surface area (TPSA) is 19.9 Å². The van der Waals surface area contributed by atoms with E-state index in [4.69, 9.17) is 0 Å². The third kappa shape index (κ3) is 15.9. The molecule has 0 heterocycles. The lowest BCUT2D eigenvalue weighted by Gasteiger charge is -2.07.